The van der Waals surface area contributed by atoms with Gasteiger partial charge in [-0.05, 0) is 43.3 Å². The molecule has 27 heavy (non-hydrogen) atoms. The molecule has 0 fully saturated rings. The first-order valence-electron chi connectivity index (χ1n) is 7.92. The Kier molecular flexibility index (Phi) is 5.83. The van der Waals surface area contributed by atoms with Gasteiger partial charge in [-0.15, -0.1) is 11.3 Å². The van der Waals surface area contributed by atoms with Gasteiger partial charge in [0.15, 0.2) is 6.10 Å². The molecule has 3 aromatic rings. The highest BCUT2D eigenvalue weighted by molar-refractivity contribution is 7.19. The number of ether oxygens (including phenoxy) is 1. The molecule has 0 bridgehead atoms. The number of carbonyl (C=O) groups excluding carboxylic acids is 2. The number of amides is 1. The van der Waals surface area contributed by atoms with Crippen molar-refractivity contribution in [2.45, 2.75) is 13.0 Å². The van der Waals surface area contributed by atoms with E-state index in [1.807, 2.05) is 24.3 Å². The van der Waals surface area contributed by atoms with Crippen LogP contribution in [-0.4, -0.2) is 23.0 Å². The molecule has 1 aromatic heterocycles. The maximum Gasteiger partial charge on any atom is 0.331 e. The molecule has 0 aliphatic heterocycles. The number of nitrogens with one attached hydrogen (secondary N) is 1. The molecule has 1 heterocycles. The van der Waals surface area contributed by atoms with Crippen molar-refractivity contribution in [2.75, 3.05) is 5.32 Å². The van der Waals surface area contributed by atoms with Crippen LogP contribution in [0.5, 0.6) is 0 Å². The van der Waals surface area contributed by atoms with Crippen LogP contribution in [0.4, 0.5) is 10.1 Å². The minimum absolute atomic E-state index is 0.115. The van der Waals surface area contributed by atoms with Gasteiger partial charge in [0.2, 0.25) is 0 Å². The fraction of sp³-hybridized carbons (Fsp3) is 0.105. The zero-order valence-electron chi connectivity index (χ0n) is 14.1. The lowest BCUT2D eigenvalue weighted by molar-refractivity contribution is -0.148. The average molecular weight is 405 g/mol. The molecule has 1 amide bonds. The number of aromatic nitrogens is 1. The molecule has 1 atom stereocenters. The first kappa shape index (κ1) is 19.0. The summed E-state index contributed by atoms with van der Waals surface area (Å²) in [6, 6.07) is 11.4. The number of para-hydroxylation sites is 1. The second-order valence-electron chi connectivity index (χ2n) is 5.55. The lowest BCUT2D eigenvalue weighted by Crippen LogP contribution is -2.29. The van der Waals surface area contributed by atoms with Gasteiger partial charge >= 0.3 is 5.97 Å². The number of hydrogen-bond donors (Lipinski definition) is 1. The fourth-order valence-electron chi connectivity index (χ4n) is 2.19. The van der Waals surface area contributed by atoms with Crippen LogP contribution < -0.4 is 5.32 Å². The Bertz CT molecular complexity index is 1000. The molecule has 3 rings (SSSR count). The lowest BCUT2D eigenvalue weighted by atomic mass is 10.3. The lowest BCUT2D eigenvalue weighted by Gasteiger charge is -2.12. The molecule has 0 saturated carbocycles. The molecule has 8 heteroatoms. The van der Waals surface area contributed by atoms with Crippen LogP contribution >= 0.6 is 22.9 Å². The fourth-order valence-corrected chi connectivity index (χ4v) is 3.24. The normalized spacial score (nSPS) is 12.3. The monoisotopic (exact) mass is 404 g/mol. The van der Waals surface area contributed by atoms with Gasteiger partial charge in [0.05, 0.1) is 15.2 Å². The summed E-state index contributed by atoms with van der Waals surface area (Å²) in [7, 11) is 0. The number of fused-ring (bicyclic) bond motifs is 1. The number of halogens is 2. The Morgan fingerprint density at radius 1 is 1.30 bits per heavy atom. The van der Waals surface area contributed by atoms with Crippen LogP contribution in [0, 0.1) is 5.82 Å². The van der Waals surface area contributed by atoms with Gasteiger partial charge in [-0.25, -0.2) is 14.2 Å². The Morgan fingerprint density at radius 2 is 2.07 bits per heavy atom. The Morgan fingerprint density at radius 3 is 2.81 bits per heavy atom. The molecule has 0 unspecified atom stereocenters. The molecule has 0 aliphatic rings. The van der Waals surface area contributed by atoms with E-state index >= 15 is 0 Å². The largest absolute Gasteiger partial charge is 0.449 e. The van der Waals surface area contributed by atoms with Crippen molar-refractivity contribution < 1.29 is 18.7 Å². The second-order valence-corrected chi connectivity index (χ2v) is 7.02. The van der Waals surface area contributed by atoms with E-state index in [-0.39, 0.29) is 5.02 Å². The number of esters is 1. The van der Waals surface area contributed by atoms with Gasteiger partial charge in [0.1, 0.15) is 10.8 Å². The third-order valence-corrected chi connectivity index (χ3v) is 4.81. The molecule has 138 valence electrons. The second kappa shape index (κ2) is 8.28. The van der Waals surface area contributed by atoms with E-state index in [2.05, 4.69) is 10.3 Å². The van der Waals surface area contributed by atoms with Crippen molar-refractivity contribution in [1.29, 1.82) is 0 Å². The van der Waals surface area contributed by atoms with Crippen LogP contribution in [0.2, 0.25) is 5.02 Å². The SMILES string of the molecule is C[C@@H](OC(=O)/C=C/c1nc2ccccc2s1)C(=O)Nc1ccc(F)c(Cl)c1. The predicted octanol–water partition coefficient (Wildman–Crippen LogP) is 4.67. The van der Waals surface area contributed by atoms with E-state index in [1.54, 1.807) is 0 Å². The van der Waals surface area contributed by atoms with Crippen molar-refractivity contribution in [3.8, 4) is 0 Å². The van der Waals surface area contributed by atoms with Gasteiger partial charge in [-0.2, -0.15) is 0 Å². The summed E-state index contributed by atoms with van der Waals surface area (Å²) in [5.74, 6) is -1.82. The highest BCUT2D eigenvalue weighted by Gasteiger charge is 2.17. The molecule has 2 aromatic carbocycles. The van der Waals surface area contributed by atoms with Crippen LogP contribution in [-0.2, 0) is 14.3 Å². The Balaban J connectivity index is 1.57. The molecule has 0 aliphatic carbocycles. The van der Waals surface area contributed by atoms with Crippen LogP contribution in [0.1, 0.15) is 11.9 Å². The van der Waals surface area contributed by atoms with Gasteiger partial charge in [0, 0.05) is 11.8 Å². The van der Waals surface area contributed by atoms with E-state index in [0.717, 1.165) is 16.3 Å². The van der Waals surface area contributed by atoms with Crippen LogP contribution in [0.15, 0.2) is 48.5 Å². The molecular formula is C19H14ClFN2O3S. The Hall–Kier alpha value is -2.77. The number of carbonyl (C=O) groups is 2. The number of rotatable bonds is 5. The predicted molar refractivity (Wildman–Crippen MR) is 104 cm³/mol. The standard InChI is InChI=1S/C19H14ClFN2O3S/c1-11(19(25)22-12-6-7-14(21)13(20)10-12)26-18(24)9-8-17-23-15-4-2-3-5-16(15)27-17/h2-11H,1H3,(H,22,25)/b9-8+/t11-/m1/s1. The first-order valence-corrected chi connectivity index (χ1v) is 9.12. The van der Waals surface area contributed by atoms with E-state index in [9.17, 15) is 14.0 Å². The smallest absolute Gasteiger partial charge is 0.331 e. The van der Waals surface area contributed by atoms with Crippen molar-refractivity contribution >= 4 is 56.8 Å². The summed E-state index contributed by atoms with van der Waals surface area (Å²) >= 11 is 7.10. The minimum atomic E-state index is -1.04. The van der Waals surface area contributed by atoms with E-state index in [4.69, 9.17) is 16.3 Å². The number of hydrogen-bond acceptors (Lipinski definition) is 5. The van der Waals surface area contributed by atoms with Crippen molar-refractivity contribution in [3.63, 3.8) is 0 Å². The van der Waals surface area contributed by atoms with Crippen LogP contribution in [0.3, 0.4) is 0 Å². The van der Waals surface area contributed by atoms with E-state index in [0.29, 0.717) is 10.7 Å². The molecule has 0 radical (unpaired) electrons. The average Bonchev–Trinajstić information content (AvgIpc) is 3.06. The minimum Gasteiger partial charge on any atom is -0.449 e. The van der Waals surface area contributed by atoms with E-state index < -0.39 is 23.8 Å². The number of benzene rings is 2. The quantitative estimate of drug-likeness (QED) is 0.495. The van der Waals surface area contributed by atoms with Crippen molar-refractivity contribution in [1.82, 2.24) is 4.98 Å². The molecule has 1 N–H and O–H groups in total. The topological polar surface area (TPSA) is 68.3 Å². The highest BCUT2D eigenvalue weighted by atomic mass is 35.5. The van der Waals surface area contributed by atoms with Crippen molar-refractivity contribution in [2.24, 2.45) is 0 Å². The van der Waals surface area contributed by atoms with Crippen LogP contribution in [0.25, 0.3) is 16.3 Å². The maximum atomic E-state index is 13.1. The van der Waals surface area contributed by atoms with Gasteiger partial charge in [-0.3, -0.25) is 4.79 Å². The molecule has 0 saturated heterocycles. The summed E-state index contributed by atoms with van der Waals surface area (Å²) in [5, 5.41) is 3.05. The molecular weight excluding hydrogens is 391 g/mol. The molecule has 0 spiro atoms. The van der Waals surface area contributed by atoms with Gasteiger partial charge in [0.25, 0.3) is 5.91 Å². The summed E-state index contributed by atoms with van der Waals surface area (Å²) in [4.78, 5) is 28.4. The summed E-state index contributed by atoms with van der Waals surface area (Å²) in [6.07, 6.45) is 1.72. The zero-order valence-corrected chi connectivity index (χ0v) is 15.7. The Labute approximate surface area is 163 Å². The van der Waals surface area contributed by atoms with Gasteiger partial charge in [-0.1, -0.05) is 23.7 Å². The van der Waals surface area contributed by atoms with Gasteiger partial charge < -0.3 is 10.1 Å². The third kappa shape index (κ3) is 4.90. The van der Waals surface area contributed by atoms with Crippen molar-refractivity contribution in [3.05, 3.63) is 64.4 Å². The summed E-state index contributed by atoms with van der Waals surface area (Å²) in [5.41, 5.74) is 1.15. The maximum absolute atomic E-state index is 13.1. The van der Waals surface area contributed by atoms with E-state index in [1.165, 1.54) is 42.5 Å². The first-order chi connectivity index (χ1) is 12.9. The summed E-state index contributed by atoms with van der Waals surface area (Å²) < 4.78 is 19.2. The zero-order chi connectivity index (χ0) is 19.4. The number of nitrogens with zero attached hydrogens (tertiary/aromatic N) is 1. The third-order valence-electron chi connectivity index (χ3n) is 3.52. The summed E-state index contributed by atoms with van der Waals surface area (Å²) in [6.45, 7) is 1.43. The number of thiazole rings is 1. The highest BCUT2D eigenvalue weighted by Crippen LogP contribution is 2.22. The molecule has 5 nitrogen and oxygen atoms in total. The number of anilines is 1.